The number of nitrogens with zero attached hydrogens (tertiary/aromatic N) is 1. The van der Waals surface area contributed by atoms with Crippen molar-refractivity contribution in [3.8, 4) is 6.07 Å². The highest BCUT2D eigenvalue weighted by Gasteiger charge is 2.24. The lowest BCUT2D eigenvalue weighted by Gasteiger charge is -2.16. The summed E-state index contributed by atoms with van der Waals surface area (Å²) < 4.78 is 5.31. The van der Waals surface area contributed by atoms with Gasteiger partial charge in [-0.3, -0.25) is 4.79 Å². The van der Waals surface area contributed by atoms with Crippen LogP contribution in [0.5, 0.6) is 0 Å². The van der Waals surface area contributed by atoms with E-state index in [-0.39, 0.29) is 0 Å². The Hall–Kier alpha value is -2.17. The zero-order chi connectivity index (χ0) is 18.0. The molecule has 0 aliphatic heterocycles. The van der Waals surface area contributed by atoms with E-state index in [0.717, 1.165) is 19.3 Å². The molecule has 7 heteroatoms. The van der Waals surface area contributed by atoms with Crippen molar-refractivity contribution in [1.29, 1.82) is 5.26 Å². The summed E-state index contributed by atoms with van der Waals surface area (Å²) in [5.74, 6) is -0.278. The number of carbonyl (C=O) groups is 2. The van der Waals surface area contributed by atoms with Crippen LogP contribution in [0.4, 0.5) is 5.00 Å². The summed E-state index contributed by atoms with van der Waals surface area (Å²) >= 11 is 2.72. The predicted molar refractivity (Wildman–Crippen MR) is 98.0 cm³/mol. The molecule has 2 heterocycles. The van der Waals surface area contributed by atoms with Crippen molar-refractivity contribution in [3.05, 3.63) is 38.4 Å². The number of fused-ring (bicyclic) bond motifs is 1. The van der Waals surface area contributed by atoms with Gasteiger partial charge in [0, 0.05) is 4.88 Å². The second-order valence-electron chi connectivity index (χ2n) is 6.22. The molecule has 0 unspecified atom stereocenters. The Bertz CT molecular complexity index is 847. The second kappa shape index (κ2) is 7.38. The van der Waals surface area contributed by atoms with Crippen LogP contribution in [0.1, 0.15) is 45.9 Å². The van der Waals surface area contributed by atoms with E-state index < -0.39 is 18.0 Å². The number of ether oxygens (including phenoxy) is 1. The molecule has 3 rings (SSSR count). The smallest absolute Gasteiger partial charge is 0.349 e. The lowest BCUT2D eigenvalue weighted by Crippen LogP contribution is -2.29. The van der Waals surface area contributed by atoms with Gasteiger partial charge in [-0.1, -0.05) is 6.92 Å². The monoisotopic (exact) mass is 374 g/mol. The number of thiophene rings is 2. The molecule has 0 fully saturated rings. The predicted octanol–water partition coefficient (Wildman–Crippen LogP) is 3.99. The molecule has 1 aliphatic carbocycles. The van der Waals surface area contributed by atoms with Crippen molar-refractivity contribution in [2.24, 2.45) is 5.92 Å². The van der Waals surface area contributed by atoms with E-state index in [1.807, 2.05) is 12.1 Å². The molecule has 1 amide bonds. The first-order valence-electron chi connectivity index (χ1n) is 8.09. The minimum atomic E-state index is -0.931. The molecule has 1 N–H and O–H groups in total. The minimum absolute atomic E-state index is 0.400. The SMILES string of the molecule is C[C@H]1CCc2sc(C(=O)O[C@H](C)C(=O)Nc3sccc3C#N)cc2C1. The van der Waals surface area contributed by atoms with Crippen LogP contribution in [0, 0.1) is 17.2 Å². The molecule has 0 saturated heterocycles. The normalized spacial score (nSPS) is 17.2. The summed E-state index contributed by atoms with van der Waals surface area (Å²) in [4.78, 5) is 26.3. The zero-order valence-electron chi connectivity index (χ0n) is 14.0. The van der Waals surface area contributed by atoms with Crippen LogP contribution in [0.3, 0.4) is 0 Å². The molecule has 2 aromatic heterocycles. The first-order chi connectivity index (χ1) is 12.0. The zero-order valence-corrected chi connectivity index (χ0v) is 15.6. The molecule has 5 nitrogen and oxygen atoms in total. The quantitative estimate of drug-likeness (QED) is 0.821. The topological polar surface area (TPSA) is 79.2 Å². The average Bonchev–Trinajstić information content (AvgIpc) is 3.20. The molecule has 2 atom stereocenters. The van der Waals surface area contributed by atoms with E-state index in [1.54, 1.807) is 11.4 Å². The summed E-state index contributed by atoms with van der Waals surface area (Å²) in [7, 11) is 0. The standard InChI is InChI=1S/C18H18N2O3S2/c1-10-3-4-14-13(7-10)8-15(25-14)18(22)23-11(2)16(21)20-17-12(9-19)5-6-24-17/h5-6,8,10-11H,3-4,7H2,1-2H3,(H,20,21)/t10-,11+/m0/s1. The van der Waals surface area contributed by atoms with Crippen LogP contribution in [0.25, 0.3) is 0 Å². The molecule has 0 radical (unpaired) electrons. The lowest BCUT2D eigenvalue weighted by molar-refractivity contribution is -0.123. The van der Waals surface area contributed by atoms with Crippen LogP contribution in [-0.2, 0) is 22.4 Å². The summed E-state index contributed by atoms with van der Waals surface area (Å²) in [5, 5.41) is 13.8. The Kier molecular flexibility index (Phi) is 5.21. The summed E-state index contributed by atoms with van der Waals surface area (Å²) in [6.45, 7) is 3.74. The fourth-order valence-electron chi connectivity index (χ4n) is 2.79. The van der Waals surface area contributed by atoms with E-state index >= 15 is 0 Å². The number of rotatable bonds is 4. The van der Waals surface area contributed by atoms with Gasteiger partial charge in [0.15, 0.2) is 6.10 Å². The first kappa shape index (κ1) is 17.6. The Morgan fingerprint density at radius 2 is 2.28 bits per heavy atom. The van der Waals surface area contributed by atoms with Crippen molar-refractivity contribution in [1.82, 2.24) is 0 Å². The van der Waals surface area contributed by atoms with Gasteiger partial charge in [-0.15, -0.1) is 22.7 Å². The van der Waals surface area contributed by atoms with E-state index in [1.165, 1.54) is 40.0 Å². The van der Waals surface area contributed by atoms with Crippen molar-refractivity contribution >= 4 is 39.6 Å². The van der Waals surface area contributed by atoms with Crippen molar-refractivity contribution in [2.75, 3.05) is 5.32 Å². The number of nitrogens with one attached hydrogen (secondary N) is 1. The highest BCUT2D eigenvalue weighted by atomic mass is 32.1. The van der Waals surface area contributed by atoms with Gasteiger partial charge in [-0.25, -0.2) is 4.79 Å². The number of esters is 1. The highest BCUT2D eigenvalue weighted by Crippen LogP contribution is 2.32. The third-order valence-corrected chi connectivity index (χ3v) is 6.25. The fourth-order valence-corrected chi connectivity index (χ4v) is 4.62. The third kappa shape index (κ3) is 3.91. The number of amides is 1. The Balaban J connectivity index is 1.62. The van der Waals surface area contributed by atoms with Gasteiger partial charge < -0.3 is 10.1 Å². The Labute approximate surface area is 154 Å². The number of aryl methyl sites for hydroxylation is 1. The van der Waals surface area contributed by atoms with Crippen molar-refractivity contribution in [2.45, 2.75) is 39.2 Å². The third-order valence-electron chi connectivity index (χ3n) is 4.21. The van der Waals surface area contributed by atoms with Crippen LogP contribution in [-0.4, -0.2) is 18.0 Å². The number of anilines is 1. The first-order valence-corrected chi connectivity index (χ1v) is 9.78. The number of hydrogen-bond acceptors (Lipinski definition) is 6. The molecule has 0 bridgehead atoms. The molecular formula is C18H18N2O3S2. The molecular weight excluding hydrogens is 356 g/mol. The van der Waals surface area contributed by atoms with Crippen LogP contribution in [0.2, 0.25) is 0 Å². The van der Waals surface area contributed by atoms with Gasteiger partial charge in [0.2, 0.25) is 0 Å². The molecule has 0 saturated carbocycles. The molecule has 0 aromatic carbocycles. The molecule has 25 heavy (non-hydrogen) atoms. The maximum Gasteiger partial charge on any atom is 0.349 e. The largest absolute Gasteiger partial charge is 0.448 e. The Morgan fingerprint density at radius 3 is 3.04 bits per heavy atom. The summed E-state index contributed by atoms with van der Waals surface area (Å²) in [5.41, 5.74) is 1.63. The molecule has 1 aliphatic rings. The van der Waals surface area contributed by atoms with Gasteiger partial charge in [-0.2, -0.15) is 5.26 Å². The van der Waals surface area contributed by atoms with Crippen LogP contribution in [0.15, 0.2) is 17.5 Å². The second-order valence-corrected chi connectivity index (χ2v) is 8.27. The van der Waals surface area contributed by atoms with E-state index in [0.29, 0.717) is 21.4 Å². The van der Waals surface area contributed by atoms with Gasteiger partial charge in [0.05, 0.1) is 5.56 Å². The number of nitriles is 1. The van der Waals surface area contributed by atoms with Gasteiger partial charge >= 0.3 is 5.97 Å². The fraction of sp³-hybridized carbons (Fsp3) is 0.389. The maximum atomic E-state index is 12.3. The molecule has 130 valence electrons. The van der Waals surface area contributed by atoms with Gasteiger partial charge in [-0.05, 0) is 55.2 Å². The van der Waals surface area contributed by atoms with Crippen LogP contribution < -0.4 is 5.32 Å². The number of hydrogen-bond donors (Lipinski definition) is 1. The highest BCUT2D eigenvalue weighted by molar-refractivity contribution is 7.14. The van der Waals surface area contributed by atoms with Crippen molar-refractivity contribution < 1.29 is 14.3 Å². The summed E-state index contributed by atoms with van der Waals surface area (Å²) in [6.07, 6.45) is 2.20. The molecule has 2 aromatic rings. The van der Waals surface area contributed by atoms with Crippen LogP contribution >= 0.6 is 22.7 Å². The lowest BCUT2D eigenvalue weighted by atomic mass is 9.90. The van der Waals surface area contributed by atoms with Gasteiger partial charge in [0.25, 0.3) is 5.91 Å². The Morgan fingerprint density at radius 1 is 1.48 bits per heavy atom. The number of carbonyl (C=O) groups excluding carboxylic acids is 2. The van der Waals surface area contributed by atoms with Crippen molar-refractivity contribution in [3.63, 3.8) is 0 Å². The maximum absolute atomic E-state index is 12.3. The average molecular weight is 374 g/mol. The van der Waals surface area contributed by atoms with Gasteiger partial charge in [0.1, 0.15) is 15.9 Å². The molecule has 0 spiro atoms. The van der Waals surface area contributed by atoms with E-state index in [4.69, 9.17) is 10.00 Å². The summed E-state index contributed by atoms with van der Waals surface area (Å²) in [6, 6.07) is 5.54. The minimum Gasteiger partial charge on any atom is -0.448 e. The van der Waals surface area contributed by atoms with E-state index in [9.17, 15) is 9.59 Å². The van der Waals surface area contributed by atoms with E-state index in [2.05, 4.69) is 12.2 Å².